The van der Waals surface area contributed by atoms with Gasteiger partial charge >= 0.3 is 0 Å². The van der Waals surface area contributed by atoms with Crippen LogP contribution < -0.4 is 4.74 Å². The van der Waals surface area contributed by atoms with E-state index in [1.165, 1.54) is 16.7 Å². The molecule has 0 fully saturated rings. The maximum absolute atomic E-state index is 5.36. The molecule has 0 N–H and O–H groups in total. The highest BCUT2D eigenvalue weighted by atomic mass is 16.5. The standard InChI is InChI=1S/C26H31NO/c1-4-21(23-8-6-5-7-9-23)19-25(24-10-12-26(28-3)13-11-24)18-20(2)22-14-16-27-17-15-22/h5-17,20-21,25H,4,18-19H2,1-3H3. The molecule has 146 valence electrons. The minimum Gasteiger partial charge on any atom is -0.497 e. The minimum atomic E-state index is 0.489. The number of methoxy groups -OCH3 is 1. The number of rotatable bonds is 9. The highest BCUT2D eigenvalue weighted by Crippen LogP contribution is 2.38. The molecular weight excluding hydrogens is 342 g/mol. The van der Waals surface area contributed by atoms with Gasteiger partial charge in [0.25, 0.3) is 0 Å². The third kappa shape index (κ3) is 5.22. The van der Waals surface area contributed by atoms with Crippen LogP contribution in [-0.4, -0.2) is 12.1 Å². The zero-order valence-electron chi connectivity index (χ0n) is 17.2. The largest absolute Gasteiger partial charge is 0.497 e. The molecule has 3 unspecified atom stereocenters. The summed E-state index contributed by atoms with van der Waals surface area (Å²) >= 11 is 0. The average molecular weight is 374 g/mol. The first kappa shape index (κ1) is 20.1. The molecule has 2 nitrogen and oxygen atoms in total. The average Bonchev–Trinajstić information content (AvgIpc) is 2.77. The smallest absolute Gasteiger partial charge is 0.118 e. The third-order valence-electron chi connectivity index (χ3n) is 5.83. The first-order valence-corrected chi connectivity index (χ1v) is 10.3. The van der Waals surface area contributed by atoms with E-state index < -0.39 is 0 Å². The molecule has 0 spiro atoms. The van der Waals surface area contributed by atoms with Gasteiger partial charge in [0.15, 0.2) is 0 Å². The summed E-state index contributed by atoms with van der Waals surface area (Å²) in [6.07, 6.45) is 7.22. The van der Waals surface area contributed by atoms with E-state index in [0.717, 1.165) is 25.0 Å². The molecule has 0 radical (unpaired) electrons. The second kappa shape index (κ2) is 10.1. The van der Waals surface area contributed by atoms with Crippen molar-refractivity contribution in [1.82, 2.24) is 4.98 Å². The van der Waals surface area contributed by atoms with Crippen LogP contribution in [0.1, 0.15) is 67.6 Å². The molecule has 1 aromatic heterocycles. The van der Waals surface area contributed by atoms with Gasteiger partial charge in [-0.05, 0) is 78.0 Å². The lowest BCUT2D eigenvalue weighted by molar-refractivity contribution is 0.414. The van der Waals surface area contributed by atoms with Crippen LogP contribution in [0.3, 0.4) is 0 Å². The van der Waals surface area contributed by atoms with Crippen molar-refractivity contribution in [3.05, 3.63) is 95.8 Å². The van der Waals surface area contributed by atoms with Gasteiger partial charge in [-0.3, -0.25) is 4.98 Å². The number of aromatic nitrogens is 1. The summed E-state index contributed by atoms with van der Waals surface area (Å²) in [5.74, 6) is 2.47. The van der Waals surface area contributed by atoms with Crippen LogP contribution >= 0.6 is 0 Å². The van der Waals surface area contributed by atoms with Crippen molar-refractivity contribution in [2.45, 2.75) is 50.9 Å². The molecule has 2 heteroatoms. The fraction of sp³-hybridized carbons (Fsp3) is 0.346. The second-order valence-electron chi connectivity index (χ2n) is 7.64. The van der Waals surface area contributed by atoms with Crippen molar-refractivity contribution in [3.8, 4) is 5.75 Å². The number of pyridine rings is 1. The SMILES string of the molecule is CCC(CC(CC(C)c1ccncc1)c1ccc(OC)cc1)c1ccccc1. The molecule has 0 saturated heterocycles. The Labute approximate surface area is 169 Å². The van der Waals surface area contributed by atoms with Crippen LogP contribution in [0.2, 0.25) is 0 Å². The maximum Gasteiger partial charge on any atom is 0.118 e. The summed E-state index contributed by atoms with van der Waals surface area (Å²) in [5.41, 5.74) is 4.21. The topological polar surface area (TPSA) is 22.1 Å². The number of nitrogens with zero attached hydrogens (tertiary/aromatic N) is 1. The van der Waals surface area contributed by atoms with Gasteiger partial charge < -0.3 is 4.74 Å². The molecule has 1 heterocycles. The first-order chi connectivity index (χ1) is 13.7. The molecule has 0 amide bonds. The molecular formula is C26H31NO. The Kier molecular flexibility index (Phi) is 7.25. The lowest BCUT2D eigenvalue weighted by atomic mass is 9.78. The van der Waals surface area contributed by atoms with E-state index in [-0.39, 0.29) is 0 Å². The number of hydrogen-bond donors (Lipinski definition) is 0. The van der Waals surface area contributed by atoms with E-state index in [1.54, 1.807) is 7.11 Å². The molecule has 0 saturated carbocycles. The van der Waals surface area contributed by atoms with Crippen LogP contribution in [0.4, 0.5) is 0 Å². The van der Waals surface area contributed by atoms with E-state index in [2.05, 4.69) is 85.6 Å². The first-order valence-electron chi connectivity index (χ1n) is 10.3. The van der Waals surface area contributed by atoms with Crippen molar-refractivity contribution in [2.75, 3.05) is 7.11 Å². The van der Waals surface area contributed by atoms with Crippen LogP contribution in [0.15, 0.2) is 79.1 Å². The van der Waals surface area contributed by atoms with Gasteiger partial charge in [0.2, 0.25) is 0 Å². The normalized spacial score (nSPS) is 14.2. The Morgan fingerprint density at radius 3 is 2.00 bits per heavy atom. The number of ether oxygens (including phenoxy) is 1. The fourth-order valence-corrected chi connectivity index (χ4v) is 4.11. The quantitative estimate of drug-likeness (QED) is 0.405. The van der Waals surface area contributed by atoms with E-state index in [0.29, 0.717) is 17.8 Å². The lowest BCUT2D eigenvalue weighted by Crippen LogP contribution is -2.10. The molecule has 3 aromatic rings. The van der Waals surface area contributed by atoms with Crippen LogP contribution in [0.5, 0.6) is 5.75 Å². The third-order valence-corrected chi connectivity index (χ3v) is 5.83. The van der Waals surface area contributed by atoms with Crippen molar-refractivity contribution in [3.63, 3.8) is 0 Å². The summed E-state index contributed by atoms with van der Waals surface area (Å²) in [7, 11) is 1.72. The maximum atomic E-state index is 5.36. The Hall–Kier alpha value is -2.61. The van der Waals surface area contributed by atoms with Crippen molar-refractivity contribution >= 4 is 0 Å². The van der Waals surface area contributed by atoms with E-state index >= 15 is 0 Å². The van der Waals surface area contributed by atoms with Crippen molar-refractivity contribution in [2.24, 2.45) is 0 Å². The van der Waals surface area contributed by atoms with E-state index in [4.69, 9.17) is 4.74 Å². The fourth-order valence-electron chi connectivity index (χ4n) is 4.11. The highest BCUT2D eigenvalue weighted by Gasteiger charge is 2.21. The molecule has 0 aliphatic carbocycles. The van der Waals surface area contributed by atoms with E-state index in [1.807, 2.05) is 12.4 Å². The van der Waals surface area contributed by atoms with Gasteiger partial charge in [-0.2, -0.15) is 0 Å². The predicted molar refractivity (Wildman–Crippen MR) is 117 cm³/mol. The van der Waals surface area contributed by atoms with E-state index in [9.17, 15) is 0 Å². The van der Waals surface area contributed by atoms with Gasteiger partial charge in [-0.15, -0.1) is 0 Å². The van der Waals surface area contributed by atoms with Crippen LogP contribution in [-0.2, 0) is 0 Å². The van der Waals surface area contributed by atoms with Crippen LogP contribution in [0.25, 0.3) is 0 Å². The molecule has 0 aliphatic rings. The Bertz CT molecular complexity index is 814. The number of benzene rings is 2. The van der Waals surface area contributed by atoms with Gasteiger partial charge in [0, 0.05) is 12.4 Å². The van der Waals surface area contributed by atoms with Gasteiger partial charge in [0.05, 0.1) is 7.11 Å². The Balaban J connectivity index is 1.84. The Morgan fingerprint density at radius 2 is 1.39 bits per heavy atom. The zero-order valence-corrected chi connectivity index (χ0v) is 17.2. The van der Waals surface area contributed by atoms with Gasteiger partial charge in [-0.1, -0.05) is 56.3 Å². The van der Waals surface area contributed by atoms with Crippen molar-refractivity contribution < 1.29 is 4.74 Å². The monoisotopic (exact) mass is 373 g/mol. The number of hydrogen-bond acceptors (Lipinski definition) is 2. The summed E-state index contributed by atoms with van der Waals surface area (Å²) in [6, 6.07) is 23.9. The lowest BCUT2D eigenvalue weighted by Gasteiger charge is -2.26. The molecule has 0 aliphatic heterocycles. The minimum absolute atomic E-state index is 0.489. The molecule has 3 rings (SSSR count). The second-order valence-corrected chi connectivity index (χ2v) is 7.64. The van der Waals surface area contributed by atoms with Gasteiger partial charge in [0.1, 0.15) is 5.75 Å². The Morgan fingerprint density at radius 1 is 0.750 bits per heavy atom. The summed E-state index contributed by atoms with van der Waals surface area (Å²) in [6.45, 7) is 4.63. The van der Waals surface area contributed by atoms with Crippen LogP contribution in [0, 0.1) is 0 Å². The summed E-state index contributed by atoms with van der Waals surface area (Å²) in [5, 5.41) is 0. The highest BCUT2D eigenvalue weighted by molar-refractivity contribution is 5.31. The molecule has 2 aromatic carbocycles. The van der Waals surface area contributed by atoms with Crippen molar-refractivity contribution in [1.29, 1.82) is 0 Å². The summed E-state index contributed by atoms with van der Waals surface area (Å²) < 4.78 is 5.36. The molecule has 3 atom stereocenters. The molecule has 0 bridgehead atoms. The molecule has 28 heavy (non-hydrogen) atoms. The zero-order chi connectivity index (χ0) is 19.8. The summed E-state index contributed by atoms with van der Waals surface area (Å²) in [4.78, 5) is 4.17. The predicted octanol–water partition coefficient (Wildman–Crippen LogP) is 6.95. The van der Waals surface area contributed by atoms with Gasteiger partial charge in [-0.25, -0.2) is 0 Å².